The lowest BCUT2D eigenvalue weighted by atomic mass is 9.75. The number of hydrogen-bond donors (Lipinski definition) is 0. The van der Waals surface area contributed by atoms with Crippen molar-refractivity contribution in [3.05, 3.63) is 125 Å². The molecule has 192 valence electrons. The summed E-state index contributed by atoms with van der Waals surface area (Å²) in [5, 5.41) is 2.09. The first-order chi connectivity index (χ1) is 19.1. The van der Waals surface area contributed by atoms with Crippen LogP contribution in [0.2, 0.25) is 0 Å². The Morgan fingerprint density at radius 1 is 0.692 bits per heavy atom. The maximum atomic E-state index is 13.4. The number of rotatable bonds is 4. The number of benzene rings is 5. The second-order valence-electron chi connectivity index (χ2n) is 10.2. The first-order valence-corrected chi connectivity index (χ1v) is 13.6. The summed E-state index contributed by atoms with van der Waals surface area (Å²) in [6.45, 7) is 8.20. The molecule has 2 heterocycles. The van der Waals surface area contributed by atoms with Crippen LogP contribution in [-0.2, 0) is 10.3 Å². The standard InChI is InChI=1S/C35H29NO3/c1-4-36(5-2)23-18-19-30-32(20-23)38-33-26-15-9-8-14-25(26)28(24-13-7-6-12-22(24)3)21-31(33)35(30)29-17-11-10-16-27(29)34(37)39-35/h6-21H,4-5H2,1-3H3. The molecule has 7 rings (SSSR count). The fourth-order valence-electron chi connectivity index (χ4n) is 6.36. The first kappa shape index (κ1) is 23.5. The highest BCUT2D eigenvalue weighted by Gasteiger charge is 2.54. The highest BCUT2D eigenvalue weighted by molar-refractivity contribution is 6.04. The molecule has 1 spiro atoms. The third kappa shape index (κ3) is 3.27. The molecule has 5 aromatic rings. The molecule has 0 saturated heterocycles. The predicted molar refractivity (Wildman–Crippen MR) is 156 cm³/mol. The van der Waals surface area contributed by atoms with Crippen molar-refractivity contribution in [1.29, 1.82) is 0 Å². The Hall–Kier alpha value is -4.57. The topological polar surface area (TPSA) is 38.8 Å². The Morgan fingerprint density at radius 3 is 2.15 bits per heavy atom. The minimum atomic E-state index is -1.11. The number of carbonyl (C=O) groups is 1. The number of esters is 1. The minimum absolute atomic E-state index is 0.317. The van der Waals surface area contributed by atoms with Gasteiger partial charge >= 0.3 is 5.97 Å². The lowest BCUT2D eigenvalue weighted by molar-refractivity contribution is 0.0225. The van der Waals surface area contributed by atoms with Gasteiger partial charge in [-0.3, -0.25) is 0 Å². The molecule has 4 heteroatoms. The van der Waals surface area contributed by atoms with Crippen molar-refractivity contribution < 1.29 is 14.3 Å². The second kappa shape index (κ2) is 8.74. The van der Waals surface area contributed by atoms with Gasteiger partial charge in [-0.2, -0.15) is 0 Å². The summed E-state index contributed by atoms with van der Waals surface area (Å²) in [6.07, 6.45) is 0. The monoisotopic (exact) mass is 511 g/mol. The molecule has 4 nitrogen and oxygen atoms in total. The Labute approximate surface area is 228 Å². The van der Waals surface area contributed by atoms with Crippen molar-refractivity contribution in [3.63, 3.8) is 0 Å². The van der Waals surface area contributed by atoms with Crippen molar-refractivity contribution in [2.45, 2.75) is 26.4 Å². The Bertz CT molecular complexity index is 1790. The number of anilines is 1. The van der Waals surface area contributed by atoms with Gasteiger partial charge < -0.3 is 14.4 Å². The zero-order valence-electron chi connectivity index (χ0n) is 22.3. The lowest BCUT2D eigenvalue weighted by Crippen LogP contribution is -2.33. The second-order valence-corrected chi connectivity index (χ2v) is 10.2. The van der Waals surface area contributed by atoms with Crippen molar-refractivity contribution in [2.24, 2.45) is 0 Å². The molecule has 5 aromatic carbocycles. The third-order valence-electron chi connectivity index (χ3n) is 8.27. The zero-order chi connectivity index (χ0) is 26.7. The number of hydrogen-bond acceptors (Lipinski definition) is 4. The Kier molecular flexibility index (Phi) is 5.27. The smallest absolute Gasteiger partial charge is 0.340 e. The van der Waals surface area contributed by atoms with E-state index in [0.29, 0.717) is 11.3 Å². The van der Waals surface area contributed by atoms with Gasteiger partial charge in [0.25, 0.3) is 0 Å². The highest BCUT2D eigenvalue weighted by atomic mass is 16.6. The van der Waals surface area contributed by atoms with Crippen LogP contribution >= 0.6 is 0 Å². The molecule has 0 radical (unpaired) electrons. The number of fused-ring (bicyclic) bond motifs is 8. The molecular formula is C35H29NO3. The van der Waals surface area contributed by atoms with E-state index in [0.717, 1.165) is 63.1 Å². The summed E-state index contributed by atoms with van der Waals surface area (Å²) in [5.74, 6) is 1.13. The molecular weight excluding hydrogens is 482 g/mol. The van der Waals surface area contributed by atoms with Gasteiger partial charge in [-0.25, -0.2) is 4.79 Å². The largest absolute Gasteiger partial charge is 0.456 e. The van der Waals surface area contributed by atoms with Gasteiger partial charge in [0.15, 0.2) is 5.60 Å². The van der Waals surface area contributed by atoms with Crippen LogP contribution in [0.4, 0.5) is 5.69 Å². The molecule has 0 N–H and O–H groups in total. The number of nitrogens with zero attached hydrogens (tertiary/aromatic N) is 1. The molecule has 0 aromatic heterocycles. The van der Waals surface area contributed by atoms with E-state index < -0.39 is 5.60 Å². The molecule has 1 unspecified atom stereocenters. The SMILES string of the molecule is CCN(CC)c1ccc2c(c1)Oc1c(cc(-c3ccccc3C)c3ccccc13)C21OC(=O)c2ccccc21. The van der Waals surface area contributed by atoms with Crippen LogP contribution in [0, 0.1) is 6.92 Å². The quantitative estimate of drug-likeness (QED) is 0.228. The van der Waals surface area contributed by atoms with Crippen molar-refractivity contribution in [1.82, 2.24) is 0 Å². The van der Waals surface area contributed by atoms with Crippen LogP contribution < -0.4 is 9.64 Å². The summed E-state index contributed by atoms with van der Waals surface area (Å²) in [7, 11) is 0. The lowest BCUT2D eigenvalue weighted by Gasteiger charge is -2.38. The highest BCUT2D eigenvalue weighted by Crippen LogP contribution is 2.59. The fourth-order valence-corrected chi connectivity index (χ4v) is 6.36. The summed E-state index contributed by atoms with van der Waals surface area (Å²) in [4.78, 5) is 15.7. The molecule has 0 amide bonds. The summed E-state index contributed by atoms with van der Waals surface area (Å²) in [5.41, 5.74) is 6.52. The van der Waals surface area contributed by atoms with Gasteiger partial charge in [0, 0.05) is 46.9 Å². The number of carbonyl (C=O) groups excluding carboxylic acids is 1. The van der Waals surface area contributed by atoms with Gasteiger partial charge in [0.2, 0.25) is 0 Å². The van der Waals surface area contributed by atoms with Gasteiger partial charge in [0.05, 0.1) is 5.56 Å². The zero-order valence-corrected chi connectivity index (χ0v) is 22.3. The minimum Gasteiger partial charge on any atom is -0.456 e. The summed E-state index contributed by atoms with van der Waals surface area (Å²) in [6, 6.07) is 32.9. The van der Waals surface area contributed by atoms with E-state index in [9.17, 15) is 4.79 Å². The predicted octanol–water partition coefficient (Wildman–Crippen LogP) is 8.23. The molecule has 0 fully saturated rings. The van der Waals surface area contributed by atoms with Gasteiger partial charge in [0.1, 0.15) is 11.5 Å². The van der Waals surface area contributed by atoms with Gasteiger partial charge in [-0.1, -0.05) is 66.7 Å². The van der Waals surface area contributed by atoms with Crippen molar-refractivity contribution in [2.75, 3.05) is 18.0 Å². The summed E-state index contributed by atoms with van der Waals surface area (Å²) >= 11 is 0. The van der Waals surface area contributed by atoms with Crippen LogP contribution in [0.5, 0.6) is 11.5 Å². The fraction of sp³-hybridized carbons (Fsp3) is 0.171. The van der Waals surface area contributed by atoms with Crippen LogP contribution in [0.1, 0.15) is 46.5 Å². The van der Waals surface area contributed by atoms with Crippen LogP contribution in [0.3, 0.4) is 0 Å². The molecule has 2 aliphatic rings. The van der Waals surface area contributed by atoms with E-state index in [1.165, 1.54) is 5.56 Å². The number of ether oxygens (including phenoxy) is 2. The summed E-state index contributed by atoms with van der Waals surface area (Å²) < 4.78 is 13.3. The Balaban J connectivity index is 1.60. The average Bonchev–Trinajstić information content (AvgIpc) is 3.26. The molecule has 2 aliphatic heterocycles. The molecule has 0 aliphatic carbocycles. The van der Waals surface area contributed by atoms with Crippen molar-refractivity contribution in [3.8, 4) is 22.6 Å². The van der Waals surface area contributed by atoms with E-state index in [-0.39, 0.29) is 5.97 Å². The van der Waals surface area contributed by atoms with Crippen LogP contribution in [-0.4, -0.2) is 19.1 Å². The average molecular weight is 512 g/mol. The van der Waals surface area contributed by atoms with Crippen LogP contribution in [0.15, 0.2) is 97.1 Å². The third-order valence-corrected chi connectivity index (χ3v) is 8.27. The maximum Gasteiger partial charge on any atom is 0.340 e. The normalized spacial score (nSPS) is 16.8. The van der Waals surface area contributed by atoms with E-state index in [1.54, 1.807) is 0 Å². The number of aryl methyl sites for hydroxylation is 1. The maximum absolute atomic E-state index is 13.4. The first-order valence-electron chi connectivity index (χ1n) is 13.6. The van der Waals surface area contributed by atoms with E-state index in [2.05, 4.69) is 92.4 Å². The molecule has 39 heavy (non-hydrogen) atoms. The van der Waals surface area contributed by atoms with Crippen molar-refractivity contribution >= 4 is 22.4 Å². The van der Waals surface area contributed by atoms with E-state index >= 15 is 0 Å². The van der Waals surface area contributed by atoms with Gasteiger partial charge in [-0.05, 0) is 67.1 Å². The molecule has 0 bridgehead atoms. The van der Waals surface area contributed by atoms with Gasteiger partial charge in [-0.15, -0.1) is 0 Å². The van der Waals surface area contributed by atoms with E-state index in [1.807, 2.05) is 30.3 Å². The molecule has 0 saturated carbocycles. The molecule has 1 atom stereocenters. The Morgan fingerprint density at radius 2 is 1.38 bits per heavy atom. The van der Waals surface area contributed by atoms with E-state index in [4.69, 9.17) is 9.47 Å². The van der Waals surface area contributed by atoms with Crippen LogP contribution in [0.25, 0.3) is 21.9 Å².